The van der Waals surface area contributed by atoms with E-state index in [1.807, 2.05) is 0 Å². The minimum absolute atomic E-state index is 0.133. The van der Waals surface area contributed by atoms with E-state index in [2.05, 4.69) is 29.8 Å². The summed E-state index contributed by atoms with van der Waals surface area (Å²) in [4.78, 5) is 0. The smallest absolute Gasteiger partial charge is 0.147 e. The lowest BCUT2D eigenvalue weighted by Crippen LogP contribution is -2.28. The molecule has 0 bridgehead atoms. The van der Waals surface area contributed by atoms with Gasteiger partial charge in [-0.05, 0) is 65.4 Å². The summed E-state index contributed by atoms with van der Waals surface area (Å²) in [5, 5.41) is 0.133. The van der Waals surface area contributed by atoms with E-state index in [-0.39, 0.29) is 16.9 Å². The van der Waals surface area contributed by atoms with Gasteiger partial charge < -0.3 is 5.73 Å². The summed E-state index contributed by atoms with van der Waals surface area (Å²) >= 11 is 9.19. The van der Waals surface area contributed by atoms with Crippen LogP contribution in [0.2, 0.25) is 5.02 Å². The molecule has 1 fully saturated rings. The first-order chi connectivity index (χ1) is 9.41. The topological polar surface area (TPSA) is 26.0 Å². The number of hydrogen-bond donors (Lipinski definition) is 1. The monoisotopic (exact) mass is 361 g/mol. The Morgan fingerprint density at radius 3 is 2.30 bits per heavy atom. The molecule has 2 rings (SSSR count). The SMILES string of the molecule is CC(C)C1CCC(C(N)c2ccc(Br)c(Cl)c2F)CC1. The quantitative estimate of drug-likeness (QED) is 0.685. The van der Waals surface area contributed by atoms with Gasteiger partial charge in [0.15, 0.2) is 0 Å². The summed E-state index contributed by atoms with van der Waals surface area (Å²) < 4.78 is 14.8. The third-order valence-corrected chi connectivity index (χ3v) is 5.95. The minimum Gasteiger partial charge on any atom is -0.324 e. The second kappa shape index (κ2) is 6.76. The molecule has 20 heavy (non-hydrogen) atoms. The van der Waals surface area contributed by atoms with Gasteiger partial charge in [-0.15, -0.1) is 0 Å². The van der Waals surface area contributed by atoms with E-state index >= 15 is 0 Å². The summed E-state index contributed by atoms with van der Waals surface area (Å²) in [6.45, 7) is 4.55. The number of halogens is 3. The van der Waals surface area contributed by atoms with E-state index in [1.165, 1.54) is 12.8 Å². The van der Waals surface area contributed by atoms with Crippen LogP contribution in [-0.4, -0.2) is 0 Å². The second-order valence-corrected chi connectivity index (χ2v) is 7.44. The molecule has 0 spiro atoms. The third kappa shape index (κ3) is 3.37. The van der Waals surface area contributed by atoms with Crippen LogP contribution in [0, 0.1) is 23.6 Å². The van der Waals surface area contributed by atoms with Gasteiger partial charge in [0.25, 0.3) is 0 Å². The molecule has 2 N–H and O–H groups in total. The van der Waals surface area contributed by atoms with Gasteiger partial charge in [-0.2, -0.15) is 0 Å². The summed E-state index contributed by atoms with van der Waals surface area (Å²) in [6.07, 6.45) is 4.55. The zero-order valence-electron chi connectivity index (χ0n) is 12.0. The van der Waals surface area contributed by atoms with E-state index in [9.17, 15) is 4.39 Å². The van der Waals surface area contributed by atoms with Crippen molar-refractivity contribution in [2.75, 3.05) is 0 Å². The normalized spacial score (nSPS) is 24.9. The second-order valence-electron chi connectivity index (χ2n) is 6.21. The molecule has 4 heteroatoms. The predicted molar refractivity (Wildman–Crippen MR) is 86.3 cm³/mol. The van der Waals surface area contributed by atoms with Crippen molar-refractivity contribution in [3.63, 3.8) is 0 Å². The molecular weight excluding hydrogens is 341 g/mol. The van der Waals surface area contributed by atoms with Crippen LogP contribution in [0.1, 0.15) is 51.1 Å². The van der Waals surface area contributed by atoms with Crippen LogP contribution in [0.15, 0.2) is 16.6 Å². The van der Waals surface area contributed by atoms with Crippen LogP contribution >= 0.6 is 27.5 Å². The lowest BCUT2D eigenvalue weighted by atomic mass is 9.73. The molecule has 1 nitrogen and oxygen atoms in total. The summed E-state index contributed by atoms with van der Waals surface area (Å²) in [5.74, 6) is 1.50. The summed E-state index contributed by atoms with van der Waals surface area (Å²) in [7, 11) is 0. The fraction of sp³-hybridized carbons (Fsp3) is 0.625. The number of nitrogens with two attached hydrogens (primary N) is 1. The van der Waals surface area contributed by atoms with Crippen LogP contribution in [0.3, 0.4) is 0 Å². The number of rotatable bonds is 3. The van der Waals surface area contributed by atoms with Gasteiger partial charge in [0.1, 0.15) is 5.82 Å². The van der Waals surface area contributed by atoms with Crippen LogP contribution in [0.25, 0.3) is 0 Å². The molecule has 1 aromatic carbocycles. The fourth-order valence-electron chi connectivity index (χ4n) is 3.22. The zero-order valence-corrected chi connectivity index (χ0v) is 14.3. The van der Waals surface area contributed by atoms with Crippen molar-refractivity contribution >= 4 is 27.5 Å². The first-order valence-electron chi connectivity index (χ1n) is 7.30. The molecule has 0 saturated heterocycles. The largest absolute Gasteiger partial charge is 0.324 e. The maximum absolute atomic E-state index is 14.2. The highest BCUT2D eigenvalue weighted by molar-refractivity contribution is 9.10. The molecule has 0 aromatic heterocycles. The molecule has 0 aliphatic heterocycles. The highest BCUT2D eigenvalue weighted by atomic mass is 79.9. The molecule has 112 valence electrons. The van der Waals surface area contributed by atoms with Crippen molar-refractivity contribution in [2.45, 2.75) is 45.6 Å². The molecule has 1 aromatic rings. The number of benzene rings is 1. The van der Waals surface area contributed by atoms with Crippen LogP contribution in [0.5, 0.6) is 0 Å². The van der Waals surface area contributed by atoms with Gasteiger partial charge in [-0.3, -0.25) is 0 Å². The fourth-order valence-corrected chi connectivity index (χ4v) is 3.70. The Bertz CT molecular complexity index is 470. The van der Waals surface area contributed by atoms with Crippen molar-refractivity contribution in [3.05, 3.63) is 33.0 Å². The van der Waals surface area contributed by atoms with Gasteiger partial charge in [-0.1, -0.05) is 31.5 Å². The highest BCUT2D eigenvalue weighted by Gasteiger charge is 2.29. The van der Waals surface area contributed by atoms with Crippen molar-refractivity contribution in [2.24, 2.45) is 23.5 Å². The predicted octanol–water partition coefficient (Wildman–Crippen LogP) is 5.70. The number of hydrogen-bond acceptors (Lipinski definition) is 1. The molecule has 1 saturated carbocycles. The third-order valence-electron chi connectivity index (χ3n) is 4.69. The van der Waals surface area contributed by atoms with Crippen molar-refractivity contribution < 1.29 is 4.39 Å². The average molecular weight is 363 g/mol. The van der Waals surface area contributed by atoms with Gasteiger partial charge >= 0.3 is 0 Å². The van der Waals surface area contributed by atoms with Crippen molar-refractivity contribution in [1.82, 2.24) is 0 Å². The minimum atomic E-state index is -0.375. The van der Waals surface area contributed by atoms with E-state index in [0.29, 0.717) is 16.0 Å². The maximum Gasteiger partial charge on any atom is 0.147 e. The lowest BCUT2D eigenvalue weighted by molar-refractivity contribution is 0.202. The molecule has 0 radical (unpaired) electrons. The Labute approximate surface area is 134 Å². The van der Waals surface area contributed by atoms with E-state index in [1.54, 1.807) is 12.1 Å². The van der Waals surface area contributed by atoms with Gasteiger partial charge in [0.2, 0.25) is 0 Å². The zero-order chi connectivity index (χ0) is 14.9. The standard InChI is InChI=1S/C16H22BrClFN/c1-9(2)10-3-5-11(6-4-10)16(20)12-7-8-13(17)14(18)15(12)19/h7-11,16H,3-6,20H2,1-2H3. The Morgan fingerprint density at radius 1 is 1.20 bits per heavy atom. The molecule has 1 atom stereocenters. The van der Waals surface area contributed by atoms with Crippen molar-refractivity contribution in [3.8, 4) is 0 Å². The Kier molecular flexibility index (Phi) is 5.49. The van der Waals surface area contributed by atoms with E-state index in [4.69, 9.17) is 17.3 Å². The van der Waals surface area contributed by atoms with Gasteiger partial charge in [0, 0.05) is 16.1 Å². The van der Waals surface area contributed by atoms with Crippen LogP contribution < -0.4 is 5.73 Å². The maximum atomic E-state index is 14.2. The van der Waals surface area contributed by atoms with E-state index < -0.39 is 0 Å². The lowest BCUT2D eigenvalue weighted by Gasteiger charge is -2.34. The van der Waals surface area contributed by atoms with E-state index in [0.717, 1.165) is 24.7 Å². The van der Waals surface area contributed by atoms with Crippen LogP contribution in [0.4, 0.5) is 4.39 Å². The Morgan fingerprint density at radius 2 is 1.75 bits per heavy atom. The molecule has 0 heterocycles. The first-order valence-corrected chi connectivity index (χ1v) is 8.47. The first kappa shape index (κ1) is 16.3. The Balaban J connectivity index is 2.09. The molecule has 1 aliphatic rings. The molecule has 0 amide bonds. The molecular formula is C16H22BrClFN. The Hall–Kier alpha value is -0.120. The summed E-state index contributed by atoms with van der Waals surface area (Å²) in [5.41, 5.74) is 6.84. The van der Waals surface area contributed by atoms with Gasteiger partial charge in [0.05, 0.1) is 5.02 Å². The average Bonchev–Trinajstić information content (AvgIpc) is 2.44. The summed E-state index contributed by atoms with van der Waals surface area (Å²) in [6, 6.07) is 3.28. The van der Waals surface area contributed by atoms with Crippen LogP contribution in [-0.2, 0) is 0 Å². The van der Waals surface area contributed by atoms with Crippen molar-refractivity contribution in [1.29, 1.82) is 0 Å². The molecule has 1 aliphatic carbocycles. The highest BCUT2D eigenvalue weighted by Crippen LogP contribution is 2.40. The van der Waals surface area contributed by atoms with Gasteiger partial charge in [-0.25, -0.2) is 4.39 Å². The molecule has 1 unspecified atom stereocenters.